The molecule has 20 heavy (non-hydrogen) atoms. The van der Waals surface area contributed by atoms with Gasteiger partial charge in [0.05, 0.1) is 0 Å². The Labute approximate surface area is 119 Å². The number of aromatic amines is 1. The highest BCUT2D eigenvalue weighted by molar-refractivity contribution is 6.02. The summed E-state index contributed by atoms with van der Waals surface area (Å²) < 4.78 is 0. The third-order valence-corrected chi connectivity index (χ3v) is 3.22. The third kappa shape index (κ3) is 3.47. The highest BCUT2D eigenvalue weighted by atomic mass is 16.1. The Bertz CT molecular complexity index is 570. The molecule has 0 saturated carbocycles. The second kappa shape index (κ2) is 6.37. The lowest BCUT2D eigenvalue weighted by molar-refractivity contribution is 0.102. The molecule has 2 N–H and O–H groups in total. The van der Waals surface area contributed by atoms with Gasteiger partial charge in [-0.3, -0.25) is 9.89 Å². The highest BCUT2D eigenvalue weighted by Crippen LogP contribution is 2.17. The molecule has 1 aromatic heterocycles. The zero-order valence-corrected chi connectivity index (χ0v) is 12.2. The predicted molar refractivity (Wildman–Crippen MR) is 81.1 cm³/mol. The normalized spacial score (nSPS) is 10.8. The summed E-state index contributed by atoms with van der Waals surface area (Å²) >= 11 is 0. The third-order valence-electron chi connectivity index (χ3n) is 3.22. The number of carbonyl (C=O) groups excluding carboxylic acids is 1. The van der Waals surface area contributed by atoms with Crippen molar-refractivity contribution in [3.63, 3.8) is 0 Å². The molecule has 0 fully saturated rings. The molecule has 1 aromatic carbocycles. The van der Waals surface area contributed by atoms with Crippen LogP contribution < -0.4 is 5.32 Å². The van der Waals surface area contributed by atoms with E-state index in [1.54, 1.807) is 6.07 Å². The van der Waals surface area contributed by atoms with E-state index in [1.807, 2.05) is 24.3 Å². The molecule has 0 aliphatic carbocycles. The van der Waals surface area contributed by atoms with Gasteiger partial charge in [-0.05, 0) is 36.1 Å². The maximum absolute atomic E-state index is 12.1. The number of hydrogen-bond donors (Lipinski definition) is 2. The molecule has 0 aliphatic heterocycles. The van der Waals surface area contributed by atoms with Gasteiger partial charge in [-0.2, -0.15) is 5.10 Å². The average Bonchev–Trinajstić information content (AvgIpc) is 2.88. The summed E-state index contributed by atoms with van der Waals surface area (Å²) in [5, 5.41) is 9.78. The summed E-state index contributed by atoms with van der Waals surface area (Å²) in [7, 11) is 0. The first kappa shape index (κ1) is 14.3. The van der Waals surface area contributed by atoms with Gasteiger partial charge >= 0.3 is 0 Å². The quantitative estimate of drug-likeness (QED) is 0.870. The fourth-order valence-corrected chi connectivity index (χ4v) is 2.02. The maximum atomic E-state index is 12.1. The van der Waals surface area contributed by atoms with Crippen LogP contribution in [0, 0.1) is 0 Å². The number of anilines is 1. The van der Waals surface area contributed by atoms with E-state index in [9.17, 15) is 4.79 Å². The van der Waals surface area contributed by atoms with Gasteiger partial charge in [0, 0.05) is 11.4 Å². The number of rotatable bonds is 5. The first-order valence-electron chi connectivity index (χ1n) is 7.05. The number of benzene rings is 1. The van der Waals surface area contributed by atoms with Gasteiger partial charge in [0.25, 0.3) is 5.91 Å². The van der Waals surface area contributed by atoms with Gasteiger partial charge in [0.15, 0.2) is 5.69 Å². The van der Waals surface area contributed by atoms with E-state index < -0.39 is 0 Å². The molecular weight excluding hydrogens is 250 g/mol. The van der Waals surface area contributed by atoms with Gasteiger partial charge < -0.3 is 5.32 Å². The summed E-state index contributed by atoms with van der Waals surface area (Å²) in [6, 6.07) is 9.72. The summed E-state index contributed by atoms with van der Waals surface area (Å²) in [6.45, 7) is 6.38. The lowest BCUT2D eigenvalue weighted by atomic mass is 10.0. The summed E-state index contributed by atoms with van der Waals surface area (Å²) in [5.41, 5.74) is 3.47. The molecule has 0 aliphatic rings. The largest absolute Gasteiger partial charge is 0.321 e. The minimum Gasteiger partial charge on any atom is -0.321 e. The standard InChI is InChI=1S/C16H21N3O/c1-4-5-14-10-15(19-18-14)16(20)17-13-8-6-12(7-9-13)11(2)3/h6-11H,4-5H2,1-3H3,(H,17,20)(H,18,19). The van der Waals surface area contributed by atoms with Crippen molar-refractivity contribution in [1.29, 1.82) is 0 Å². The molecule has 0 bridgehead atoms. The number of aromatic nitrogens is 2. The van der Waals surface area contributed by atoms with Gasteiger partial charge in [-0.25, -0.2) is 0 Å². The van der Waals surface area contributed by atoms with E-state index in [2.05, 4.69) is 36.3 Å². The smallest absolute Gasteiger partial charge is 0.276 e. The first-order chi connectivity index (χ1) is 9.60. The number of hydrogen-bond acceptors (Lipinski definition) is 2. The molecule has 1 heterocycles. The van der Waals surface area contributed by atoms with Gasteiger partial charge in [0.1, 0.15) is 0 Å². The SMILES string of the molecule is CCCc1cc(C(=O)Nc2ccc(C(C)C)cc2)n[nH]1. The second-order valence-corrected chi connectivity index (χ2v) is 5.26. The molecule has 2 aromatic rings. The van der Waals surface area contributed by atoms with Gasteiger partial charge in [0.2, 0.25) is 0 Å². The Balaban J connectivity index is 2.03. The van der Waals surface area contributed by atoms with Crippen LogP contribution in [-0.4, -0.2) is 16.1 Å². The molecule has 0 unspecified atom stereocenters. The minimum atomic E-state index is -0.180. The van der Waals surface area contributed by atoms with Crippen LogP contribution in [0.15, 0.2) is 30.3 Å². The lowest BCUT2D eigenvalue weighted by Gasteiger charge is -2.07. The molecule has 4 heteroatoms. The van der Waals surface area contributed by atoms with E-state index in [4.69, 9.17) is 0 Å². The Kier molecular flexibility index (Phi) is 4.56. The van der Waals surface area contributed by atoms with Crippen LogP contribution in [0.4, 0.5) is 5.69 Å². The van der Waals surface area contributed by atoms with E-state index in [1.165, 1.54) is 5.56 Å². The average molecular weight is 271 g/mol. The number of nitrogens with zero attached hydrogens (tertiary/aromatic N) is 1. The van der Waals surface area contributed by atoms with E-state index in [0.29, 0.717) is 11.6 Å². The summed E-state index contributed by atoms with van der Waals surface area (Å²) in [5.74, 6) is 0.309. The van der Waals surface area contributed by atoms with Crippen molar-refractivity contribution in [2.45, 2.75) is 39.5 Å². The van der Waals surface area contributed by atoms with Crippen molar-refractivity contribution >= 4 is 11.6 Å². The van der Waals surface area contributed by atoms with Crippen LogP contribution in [0.5, 0.6) is 0 Å². The number of aryl methyl sites for hydroxylation is 1. The van der Waals surface area contributed by atoms with E-state index >= 15 is 0 Å². The van der Waals surface area contributed by atoms with E-state index in [-0.39, 0.29) is 5.91 Å². The van der Waals surface area contributed by atoms with Crippen molar-refractivity contribution in [3.8, 4) is 0 Å². The second-order valence-electron chi connectivity index (χ2n) is 5.26. The van der Waals surface area contributed by atoms with Crippen LogP contribution >= 0.6 is 0 Å². The fourth-order valence-electron chi connectivity index (χ4n) is 2.02. The topological polar surface area (TPSA) is 57.8 Å². The molecule has 0 spiro atoms. The molecule has 1 amide bonds. The summed E-state index contributed by atoms with van der Waals surface area (Å²) in [6.07, 6.45) is 1.93. The van der Waals surface area contributed by atoms with Crippen molar-refractivity contribution in [2.24, 2.45) is 0 Å². The molecule has 0 atom stereocenters. The first-order valence-corrected chi connectivity index (χ1v) is 7.05. The monoisotopic (exact) mass is 271 g/mol. The van der Waals surface area contributed by atoms with Gasteiger partial charge in [-0.1, -0.05) is 39.3 Å². The predicted octanol–water partition coefficient (Wildman–Crippen LogP) is 3.74. The molecule has 0 saturated heterocycles. The van der Waals surface area contributed by atoms with Crippen LogP contribution in [0.2, 0.25) is 0 Å². The fraction of sp³-hybridized carbons (Fsp3) is 0.375. The minimum absolute atomic E-state index is 0.180. The molecular formula is C16H21N3O. The van der Waals surface area contributed by atoms with E-state index in [0.717, 1.165) is 24.2 Å². The lowest BCUT2D eigenvalue weighted by Crippen LogP contribution is -2.12. The molecule has 106 valence electrons. The number of nitrogens with one attached hydrogen (secondary N) is 2. The highest BCUT2D eigenvalue weighted by Gasteiger charge is 2.10. The maximum Gasteiger partial charge on any atom is 0.276 e. The van der Waals surface area contributed by atoms with Crippen molar-refractivity contribution in [1.82, 2.24) is 10.2 Å². The number of carbonyl (C=O) groups is 1. The van der Waals surface area contributed by atoms with Crippen LogP contribution in [0.1, 0.15) is 54.9 Å². The number of H-pyrrole nitrogens is 1. The summed E-state index contributed by atoms with van der Waals surface area (Å²) in [4.78, 5) is 12.1. The zero-order valence-electron chi connectivity index (χ0n) is 12.2. The van der Waals surface area contributed by atoms with Crippen LogP contribution in [0.25, 0.3) is 0 Å². The molecule has 4 nitrogen and oxygen atoms in total. The van der Waals surface area contributed by atoms with Crippen molar-refractivity contribution in [2.75, 3.05) is 5.32 Å². The Morgan fingerprint density at radius 1 is 1.30 bits per heavy atom. The zero-order chi connectivity index (χ0) is 14.5. The number of amides is 1. The van der Waals surface area contributed by atoms with Crippen LogP contribution in [-0.2, 0) is 6.42 Å². The van der Waals surface area contributed by atoms with Gasteiger partial charge in [-0.15, -0.1) is 0 Å². The Hall–Kier alpha value is -2.10. The Morgan fingerprint density at radius 2 is 2.00 bits per heavy atom. The van der Waals surface area contributed by atoms with Crippen LogP contribution in [0.3, 0.4) is 0 Å². The van der Waals surface area contributed by atoms with Crippen molar-refractivity contribution < 1.29 is 4.79 Å². The Morgan fingerprint density at radius 3 is 2.60 bits per heavy atom. The molecule has 2 rings (SSSR count). The van der Waals surface area contributed by atoms with Crippen molar-refractivity contribution in [3.05, 3.63) is 47.3 Å². The molecule has 0 radical (unpaired) electrons.